The largest absolute Gasteiger partial charge is 0.461 e. The standard InChI is InChI=1S/C16H20N2O2/c17-14(11-5-6-11)10-18-16(19)8-7-13-9-12-3-1-2-4-15(12)20-13/h1-4,9,11,14H,5-8,10,17H2,(H,18,19). The molecular weight excluding hydrogens is 252 g/mol. The molecule has 1 aliphatic rings. The fourth-order valence-electron chi connectivity index (χ4n) is 2.41. The van der Waals surface area contributed by atoms with E-state index in [-0.39, 0.29) is 11.9 Å². The van der Waals surface area contributed by atoms with E-state index in [1.54, 1.807) is 0 Å². The first-order chi connectivity index (χ1) is 9.72. The minimum absolute atomic E-state index is 0.0431. The second-order valence-corrected chi connectivity index (χ2v) is 5.56. The summed E-state index contributed by atoms with van der Waals surface area (Å²) in [4.78, 5) is 11.8. The molecular formula is C16H20N2O2. The molecule has 2 aromatic rings. The molecule has 0 saturated heterocycles. The monoisotopic (exact) mass is 272 g/mol. The number of nitrogens with two attached hydrogens (primary N) is 1. The molecule has 3 N–H and O–H groups in total. The third kappa shape index (κ3) is 3.20. The Bertz CT molecular complexity index is 568. The van der Waals surface area contributed by atoms with E-state index in [2.05, 4.69) is 5.32 Å². The zero-order chi connectivity index (χ0) is 13.9. The number of carbonyl (C=O) groups is 1. The highest BCUT2D eigenvalue weighted by molar-refractivity contribution is 5.78. The Morgan fingerprint density at radius 3 is 2.95 bits per heavy atom. The lowest BCUT2D eigenvalue weighted by molar-refractivity contribution is -0.121. The summed E-state index contributed by atoms with van der Waals surface area (Å²) >= 11 is 0. The van der Waals surface area contributed by atoms with Gasteiger partial charge in [-0.25, -0.2) is 0 Å². The van der Waals surface area contributed by atoms with Gasteiger partial charge in [0.05, 0.1) is 0 Å². The van der Waals surface area contributed by atoms with Gasteiger partial charge in [-0.15, -0.1) is 0 Å². The Morgan fingerprint density at radius 2 is 2.20 bits per heavy atom. The zero-order valence-corrected chi connectivity index (χ0v) is 11.5. The van der Waals surface area contributed by atoms with Gasteiger partial charge in [0.15, 0.2) is 0 Å². The first kappa shape index (κ1) is 13.2. The Hall–Kier alpha value is -1.81. The molecule has 4 nitrogen and oxygen atoms in total. The van der Waals surface area contributed by atoms with E-state index in [9.17, 15) is 4.79 Å². The van der Waals surface area contributed by atoms with Crippen LogP contribution in [0, 0.1) is 5.92 Å². The van der Waals surface area contributed by atoms with Gasteiger partial charge in [0.2, 0.25) is 5.91 Å². The van der Waals surface area contributed by atoms with E-state index < -0.39 is 0 Å². The molecule has 20 heavy (non-hydrogen) atoms. The predicted octanol–water partition coefficient (Wildman–Crippen LogP) is 2.22. The predicted molar refractivity (Wildman–Crippen MR) is 78.2 cm³/mol. The fourth-order valence-corrected chi connectivity index (χ4v) is 2.41. The van der Waals surface area contributed by atoms with Crippen molar-refractivity contribution in [2.24, 2.45) is 11.7 Å². The average molecular weight is 272 g/mol. The molecule has 1 heterocycles. The van der Waals surface area contributed by atoms with E-state index in [1.807, 2.05) is 30.3 Å². The van der Waals surface area contributed by atoms with Crippen molar-refractivity contribution in [3.8, 4) is 0 Å². The first-order valence-corrected chi connectivity index (χ1v) is 7.22. The van der Waals surface area contributed by atoms with Crippen LogP contribution < -0.4 is 11.1 Å². The lowest BCUT2D eigenvalue weighted by Crippen LogP contribution is -2.38. The molecule has 0 aliphatic heterocycles. The van der Waals surface area contributed by atoms with Gasteiger partial charge in [-0.05, 0) is 30.9 Å². The number of para-hydroxylation sites is 1. The second kappa shape index (κ2) is 5.67. The fraction of sp³-hybridized carbons (Fsp3) is 0.438. The number of carbonyl (C=O) groups excluding carboxylic acids is 1. The molecule has 1 aliphatic carbocycles. The number of aryl methyl sites for hydroxylation is 1. The molecule has 106 valence electrons. The molecule has 1 amide bonds. The molecule has 0 bridgehead atoms. The number of nitrogens with one attached hydrogen (secondary N) is 1. The minimum Gasteiger partial charge on any atom is -0.461 e. The number of furan rings is 1. The van der Waals surface area contributed by atoms with Crippen LogP contribution >= 0.6 is 0 Å². The third-order valence-corrected chi connectivity index (χ3v) is 3.84. The van der Waals surface area contributed by atoms with E-state index in [0.29, 0.717) is 25.3 Å². The number of benzene rings is 1. The van der Waals surface area contributed by atoms with Crippen LogP contribution in [-0.2, 0) is 11.2 Å². The van der Waals surface area contributed by atoms with E-state index in [0.717, 1.165) is 16.7 Å². The molecule has 0 spiro atoms. The normalized spacial score (nSPS) is 16.2. The summed E-state index contributed by atoms with van der Waals surface area (Å²) in [5.41, 5.74) is 6.83. The van der Waals surface area contributed by atoms with Crippen molar-refractivity contribution in [3.63, 3.8) is 0 Å². The molecule has 1 saturated carbocycles. The smallest absolute Gasteiger partial charge is 0.220 e. The summed E-state index contributed by atoms with van der Waals surface area (Å²) in [6.45, 7) is 0.587. The van der Waals surface area contributed by atoms with Gasteiger partial charge in [-0.2, -0.15) is 0 Å². The van der Waals surface area contributed by atoms with Crippen molar-refractivity contribution in [2.75, 3.05) is 6.54 Å². The van der Waals surface area contributed by atoms with E-state index in [4.69, 9.17) is 10.2 Å². The van der Waals surface area contributed by atoms with Crippen LogP contribution in [0.3, 0.4) is 0 Å². The molecule has 3 rings (SSSR count). The summed E-state index contributed by atoms with van der Waals surface area (Å²) in [5.74, 6) is 1.51. The van der Waals surface area contributed by atoms with Crippen molar-refractivity contribution in [1.82, 2.24) is 5.32 Å². The molecule has 4 heteroatoms. The van der Waals surface area contributed by atoms with Gasteiger partial charge in [-0.1, -0.05) is 18.2 Å². The summed E-state index contributed by atoms with van der Waals surface area (Å²) in [5, 5.41) is 3.98. The summed E-state index contributed by atoms with van der Waals surface area (Å²) in [6, 6.07) is 9.99. The van der Waals surface area contributed by atoms with Gasteiger partial charge in [0.25, 0.3) is 0 Å². The van der Waals surface area contributed by atoms with Gasteiger partial charge < -0.3 is 15.5 Å². The van der Waals surface area contributed by atoms with Crippen LogP contribution in [0.1, 0.15) is 25.0 Å². The van der Waals surface area contributed by atoms with Crippen LogP contribution in [0.4, 0.5) is 0 Å². The molecule has 1 atom stereocenters. The van der Waals surface area contributed by atoms with Crippen molar-refractivity contribution >= 4 is 16.9 Å². The highest BCUT2D eigenvalue weighted by Gasteiger charge is 2.28. The van der Waals surface area contributed by atoms with Gasteiger partial charge >= 0.3 is 0 Å². The molecule has 1 aromatic carbocycles. The first-order valence-electron chi connectivity index (χ1n) is 7.22. The number of rotatable bonds is 6. The molecule has 1 aromatic heterocycles. The van der Waals surface area contributed by atoms with Crippen molar-refractivity contribution in [3.05, 3.63) is 36.1 Å². The van der Waals surface area contributed by atoms with Crippen LogP contribution in [0.15, 0.2) is 34.7 Å². The second-order valence-electron chi connectivity index (χ2n) is 5.56. The summed E-state index contributed by atoms with van der Waals surface area (Å²) in [6.07, 6.45) is 3.47. The van der Waals surface area contributed by atoms with Gasteiger partial charge in [-0.3, -0.25) is 4.79 Å². The lowest BCUT2D eigenvalue weighted by atomic mass is 10.2. The zero-order valence-electron chi connectivity index (χ0n) is 11.5. The number of fused-ring (bicyclic) bond motifs is 1. The maximum Gasteiger partial charge on any atom is 0.220 e. The Labute approximate surface area is 118 Å². The van der Waals surface area contributed by atoms with Gasteiger partial charge in [0, 0.05) is 30.8 Å². The maximum absolute atomic E-state index is 11.8. The van der Waals surface area contributed by atoms with E-state index >= 15 is 0 Å². The SMILES string of the molecule is NC(CNC(=O)CCc1cc2ccccc2o1)C1CC1. The summed E-state index contributed by atoms with van der Waals surface area (Å²) in [7, 11) is 0. The number of hydrogen-bond donors (Lipinski definition) is 2. The average Bonchev–Trinajstić information content (AvgIpc) is 3.22. The van der Waals surface area contributed by atoms with Crippen LogP contribution in [0.5, 0.6) is 0 Å². The quantitative estimate of drug-likeness (QED) is 0.847. The topological polar surface area (TPSA) is 68.3 Å². The lowest BCUT2D eigenvalue weighted by Gasteiger charge is -2.11. The number of amides is 1. The minimum atomic E-state index is 0.0431. The van der Waals surface area contributed by atoms with Crippen LogP contribution in [-0.4, -0.2) is 18.5 Å². The van der Waals surface area contributed by atoms with Crippen molar-refractivity contribution in [2.45, 2.75) is 31.7 Å². The van der Waals surface area contributed by atoms with Crippen molar-refractivity contribution in [1.29, 1.82) is 0 Å². The Balaban J connectivity index is 1.47. The van der Waals surface area contributed by atoms with Crippen LogP contribution in [0.25, 0.3) is 11.0 Å². The Kier molecular flexibility index (Phi) is 3.74. The summed E-state index contributed by atoms with van der Waals surface area (Å²) < 4.78 is 5.69. The highest BCUT2D eigenvalue weighted by atomic mass is 16.3. The number of hydrogen-bond acceptors (Lipinski definition) is 3. The molecule has 0 radical (unpaired) electrons. The highest BCUT2D eigenvalue weighted by Crippen LogP contribution is 2.31. The molecule has 1 fully saturated rings. The third-order valence-electron chi connectivity index (χ3n) is 3.84. The van der Waals surface area contributed by atoms with Crippen LogP contribution in [0.2, 0.25) is 0 Å². The van der Waals surface area contributed by atoms with Gasteiger partial charge in [0.1, 0.15) is 11.3 Å². The maximum atomic E-state index is 11.8. The Morgan fingerprint density at radius 1 is 1.40 bits per heavy atom. The van der Waals surface area contributed by atoms with Crippen molar-refractivity contribution < 1.29 is 9.21 Å². The molecule has 1 unspecified atom stereocenters. The van der Waals surface area contributed by atoms with E-state index in [1.165, 1.54) is 12.8 Å².